The van der Waals surface area contributed by atoms with Crippen LogP contribution in [0.15, 0.2) is 6.07 Å². The summed E-state index contributed by atoms with van der Waals surface area (Å²) >= 11 is 1.53. The van der Waals surface area contributed by atoms with Gasteiger partial charge in [-0.15, -0.1) is 11.3 Å². The predicted molar refractivity (Wildman–Crippen MR) is 70.0 cm³/mol. The fourth-order valence-corrected chi connectivity index (χ4v) is 2.41. The summed E-state index contributed by atoms with van der Waals surface area (Å²) in [6, 6.07) is 1.93. The Hall–Kier alpha value is -1.03. The normalized spacial score (nSPS) is 10.4. The average molecular weight is 240 g/mol. The van der Waals surface area contributed by atoms with E-state index >= 15 is 0 Å². The minimum absolute atomic E-state index is 0.0432. The topological polar surface area (TPSA) is 55.1 Å². The maximum atomic E-state index is 11.7. The Morgan fingerprint density at radius 2 is 2.19 bits per heavy atom. The smallest absolute Gasteiger partial charge is 0.254 e. The molecule has 0 fully saturated rings. The van der Waals surface area contributed by atoms with E-state index in [1.54, 1.807) is 0 Å². The molecule has 0 atom stereocenters. The molecule has 0 aliphatic rings. The number of anilines is 1. The second kappa shape index (κ2) is 6.53. The summed E-state index contributed by atoms with van der Waals surface area (Å²) in [5.74, 6) is -0.0432. The van der Waals surface area contributed by atoms with E-state index in [9.17, 15) is 4.79 Å². The van der Waals surface area contributed by atoms with E-state index in [-0.39, 0.29) is 5.91 Å². The van der Waals surface area contributed by atoms with Gasteiger partial charge >= 0.3 is 0 Å². The Labute approximate surface area is 101 Å². The number of hydrogen-bond acceptors (Lipinski definition) is 3. The molecule has 0 unspecified atom stereocenters. The van der Waals surface area contributed by atoms with Crippen molar-refractivity contribution in [1.82, 2.24) is 5.32 Å². The molecule has 1 heterocycles. The van der Waals surface area contributed by atoms with Crippen molar-refractivity contribution in [2.75, 3.05) is 12.3 Å². The molecule has 0 radical (unpaired) electrons. The lowest BCUT2D eigenvalue weighted by atomic mass is 10.2. The fourth-order valence-electron chi connectivity index (χ4n) is 1.44. The first kappa shape index (κ1) is 13.0. The Morgan fingerprint density at radius 3 is 2.81 bits per heavy atom. The number of nitrogens with two attached hydrogens (primary N) is 1. The number of unbranched alkanes of at least 4 members (excludes halogenated alkanes) is 1. The van der Waals surface area contributed by atoms with Crippen molar-refractivity contribution in [1.29, 1.82) is 0 Å². The van der Waals surface area contributed by atoms with E-state index in [4.69, 9.17) is 5.73 Å². The van der Waals surface area contributed by atoms with E-state index in [0.717, 1.165) is 25.7 Å². The van der Waals surface area contributed by atoms with Gasteiger partial charge in [0.25, 0.3) is 5.91 Å². The van der Waals surface area contributed by atoms with Crippen molar-refractivity contribution in [3.8, 4) is 0 Å². The van der Waals surface area contributed by atoms with Gasteiger partial charge in [0, 0.05) is 11.4 Å². The Morgan fingerprint density at radius 1 is 1.44 bits per heavy atom. The van der Waals surface area contributed by atoms with E-state index in [0.29, 0.717) is 17.1 Å². The highest BCUT2D eigenvalue weighted by Gasteiger charge is 2.12. The van der Waals surface area contributed by atoms with Crippen LogP contribution in [0, 0.1) is 0 Å². The standard InChI is InChI=1S/C12H20N2OS/c1-3-5-6-9-8-10(11(13)16-9)12(15)14-7-4-2/h8H,3-7,13H2,1-2H3,(H,14,15). The van der Waals surface area contributed by atoms with Gasteiger partial charge in [-0.2, -0.15) is 0 Å². The third-order valence-corrected chi connectivity index (χ3v) is 3.39. The summed E-state index contributed by atoms with van der Waals surface area (Å²) in [5.41, 5.74) is 6.49. The largest absolute Gasteiger partial charge is 0.390 e. The number of nitrogen functional groups attached to an aromatic ring is 1. The molecule has 3 N–H and O–H groups in total. The zero-order chi connectivity index (χ0) is 12.0. The molecule has 0 saturated heterocycles. The van der Waals surface area contributed by atoms with Crippen LogP contribution in [0.2, 0.25) is 0 Å². The molecular weight excluding hydrogens is 220 g/mol. The summed E-state index contributed by atoms with van der Waals surface area (Å²) in [7, 11) is 0. The summed E-state index contributed by atoms with van der Waals surface area (Å²) in [6.07, 6.45) is 4.27. The Kier molecular flexibility index (Phi) is 5.32. The van der Waals surface area contributed by atoms with Crippen molar-refractivity contribution in [3.63, 3.8) is 0 Å². The van der Waals surface area contributed by atoms with Gasteiger partial charge in [-0.05, 0) is 25.3 Å². The first-order valence-electron chi connectivity index (χ1n) is 5.85. The number of aryl methyl sites for hydroxylation is 1. The van der Waals surface area contributed by atoms with Crippen LogP contribution in [0.25, 0.3) is 0 Å². The number of thiophene rings is 1. The van der Waals surface area contributed by atoms with Crippen LogP contribution in [-0.4, -0.2) is 12.5 Å². The van der Waals surface area contributed by atoms with Crippen molar-refractivity contribution in [2.45, 2.75) is 39.5 Å². The van der Waals surface area contributed by atoms with Crippen LogP contribution < -0.4 is 11.1 Å². The molecule has 0 bridgehead atoms. The van der Waals surface area contributed by atoms with Crippen LogP contribution in [-0.2, 0) is 6.42 Å². The van der Waals surface area contributed by atoms with Gasteiger partial charge in [0.2, 0.25) is 0 Å². The molecule has 16 heavy (non-hydrogen) atoms. The van der Waals surface area contributed by atoms with E-state index in [1.807, 2.05) is 13.0 Å². The number of carbonyl (C=O) groups is 1. The zero-order valence-electron chi connectivity index (χ0n) is 10.0. The average Bonchev–Trinajstić information content (AvgIpc) is 2.64. The highest BCUT2D eigenvalue weighted by Crippen LogP contribution is 2.26. The van der Waals surface area contributed by atoms with Gasteiger partial charge < -0.3 is 11.1 Å². The Bertz CT molecular complexity index is 347. The summed E-state index contributed by atoms with van der Waals surface area (Å²) in [5, 5.41) is 3.49. The maximum Gasteiger partial charge on any atom is 0.254 e. The van der Waals surface area contributed by atoms with Crippen molar-refractivity contribution in [3.05, 3.63) is 16.5 Å². The highest BCUT2D eigenvalue weighted by molar-refractivity contribution is 7.16. The van der Waals surface area contributed by atoms with Crippen molar-refractivity contribution < 1.29 is 4.79 Å². The summed E-state index contributed by atoms with van der Waals surface area (Å²) in [6.45, 7) is 4.90. The molecule has 1 amide bonds. The van der Waals surface area contributed by atoms with E-state index in [1.165, 1.54) is 16.2 Å². The van der Waals surface area contributed by atoms with E-state index < -0.39 is 0 Å². The van der Waals surface area contributed by atoms with Crippen molar-refractivity contribution >= 4 is 22.2 Å². The molecular formula is C12H20N2OS. The van der Waals surface area contributed by atoms with Crippen LogP contribution in [0.5, 0.6) is 0 Å². The van der Waals surface area contributed by atoms with Gasteiger partial charge in [-0.25, -0.2) is 0 Å². The van der Waals surface area contributed by atoms with Crippen LogP contribution in [0.1, 0.15) is 48.3 Å². The van der Waals surface area contributed by atoms with Gasteiger partial charge in [0.15, 0.2) is 0 Å². The molecule has 90 valence electrons. The lowest BCUT2D eigenvalue weighted by Gasteiger charge is -2.01. The van der Waals surface area contributed by atoms with Gasteiger partial charge in [0.1, 0.15) is 0 Å². The molecule has 1 aromatic heterocycles. The molecule has 0 spiro atoms. The van der Waals surface area contributed by atoms with Crippen molar-refractivity contribution in [2.24, 2.45) is 0 Å². The molecule has 0 saturated carbocycles. The van der Waals surface area contributed by atoms with Crippen LogP contribution >= 0.6 is 11.3 Å². The Balaban J connectivity index is 2.65. The first-order valence-corrected chi connectivity index (χ1v) is 6.67. The van der Waals surface area contributed by atoms with Crippen LogP contribution in [0.3, 0.4) is 0 Å². The lowest BCUT2D eigenvalue weighted by molar-refractivity contribution is 0.0955. The number of nitrogens with one attached hydrogen (secondary N) is 1. The number of hydrogen-bond donors (Lipinski definition) is 2. The SMILES string of the molecule is CCCCc1cc(C(=O)NCCC)c(N)s1. The fraction of sp³-hybridized carbons (Fsp3) is 0.583. The maximum absolute atomic E-state index is 11.7. The van der Waals surface area contributed by atoms with Gasteiger partial charge in [-0.1, -0.05) is 20.3 Å². The second-order valence-electron chi connectivity index (χ2n) is 3.85. The number of carbonyl (C=O) groups excluding carboxylic acids is 1. The minimum Gasteiger partial charge on any atom is -0.390 e. The summed E-state index contributed by atoms with van der Waals surface area (Å²) in [4.78, 5) is 12.9. The third kappa shape index (κ3) is 3.52. The molecule has 4 heteroatoms. The monoisotopic (exact) mass is 240 g/mol. The quantitative estimate of drug-likeness (QED) is 0.803. The molecule has 0 aliphatic heterocycles. The molecule has 1 rings (SSSR count). The predicted octanol–water partition coefficient (Wildman–Crippen LogP) is 2.81. The second-order valence-corrected chi connectivity index (χ2v) is 5.02. The molecule has 0 aliphatic carbocycles. The van der Waals surface area contributed by atoms with Crippen LogP contribution in [0.4, 0.5) is 5.00 Å². The zero-order valence-corrected chi connectivity index (χ0v) is 10.8. The third-order valence-electron chi connectivity index (χ3n) is 2.37. The lowest BCUT2D eigenvalue weighted by Crippen LogP contribution is -2.24. The summed E-state index contributed by atoms with van der Waals surface area (Å²) < 4.78 is 0. The number of rotatable bonds is 6. The number of amides is 1. The minimum atomic E-state index is -0.0432. The highest BCUT2D eigenvalue weighted by atomic mass is 32.1. The molecule has 3 nitrogen and oxygen atoms in total. The van der Waals surface area contributed by atoms with Gasteiger partial charge in [0.05, 0.1) is 10.6 Å². The first-order chi connectivity index (χ1) is 7.69. The van der Waals surface area contributed by atoms with Gasteiger partial charge in [-0.3, -0.25) is 4.79 Å². The molecule has 0 aromatic carbocycles. The van der Waals surface area contributed by atoms with E-state index in [2.05, 4.69) is 12.2 Å². The molecule has 1 aromatic rings.